The Bertz CT molecular complexity index is 1790. The number of ether oxygens (including phenoxy) is 1. The summed E-state index contributed by atoms with van der Waals surface area (Å²) in [6.45, 7) is 22.9. The smallest absolute Gasteiger partial charge is 0.206 e. The lowest BCUT2D eigenvalue weighted by molar-refractivity contribution is -0.133. The number of hydrogen-bond acceptors (Lipinski definition) is 9. The summed E-state index contributed by atoms with van der Waals surface area (Å²) >= 11 is -1.43. The first-order valence-corrected chi connectivity index (χ1v) is 17.6. The lowest BCUT2D eigenvalue weighted by Gasteiger charge is -2.39. The zero-order chi connectivity index (χ0) is 35.3. The van der Waals surface area contributed by atoms with E-state index in [9.17, 15) is 13.8 Å². The van der Waals surface area contributed by atoms with Crippen molar-refractivity contribution >= 4 is 39.2 Å². The van der Waals surface area contributed by atoms with Crippen LogP contribution in [0.5, 0.6) is 5.75 Å². The van der Waals surface area contributed by atoms with Crippen molar-refractivity contribution in [3.8, 4) is 5.75 Å². The maximum Gasteiger partial charge on any atom is 0.206 e. The van der Waals surface area contributed by atoms with E-state index in [0.29, 0.717) is 48.9 Å². The van der Waals surface area contributed by atoms with Gasteiger partial charge in [-0.05, 0) is 89.2 Å². The highest BCUT2D eigenvalue weighted by Crippen LogP contribution is 2.47. The van der Waals surface area contributed by atoms with Crippen LogP contribution in [0.3, 0.4) is 0 Å². The molecule has 2 aliphatic heterocycles. The van der Waals surface area contributed by atoms with Crippen LogP contribution in [0.2, 0.25) is 0 Å². The maximum atomic E-state index is 13.6. The van der Waals surface area contributed by atoms with Crippen LogP contribution in [0, 0.1) is 0 Å². The van der Waals surface area contributed by atoms with Gasteiger partial charge in [-0.25, -0.2) is 9.19 Å². The zero-order valence-corrected chi connectivity index (χ0v) is 30.1. The molecule has 0 saturated carbocycles. The number of Topliss-reactive ketones (excluding diaryl/α,β-unsaturated/α-hetero) is 1. The number of nitrogens with one attached hydrogen (secondary N) is 1. The second-order valence-corrected chi connectivity index (χ2v) is 13.6. The molecule has 2 aromatic rings. The molecule has 2 unspecified atom stereocenters. The largest absolute Gasteiger partial charge is 0.478 e. The number of carbonyl (C=O) groups excluding carboxylic acids is 2. The van der Waals surface area contributed by atoms with E-state index in [-0.39, 0.29) is 18.1 Å². The van der Waals surface area contributed by atoms with Gasteiger partial charge in [0.1, 0.15) is 11.5 Å². The quantitative estimate of drug-likeness (QED) is 0.112. The molecule has 0 amide bonds. The van der Waals surface area contributed by atoms with Gasteiger partial charge >= 0.3 is 0 Å². The van der Waals surface area contributed by atoms with Gasteiger partial charge in [0, 0.05) is 40.0 Å². The first kappa shape index (κ1) is 36.6. The van der Waals surface area contributed by atoms with Gasteiger partial charge < -0.3 is 24.0 Å². The summed E-state index contributed by atoms with van der Waals surface area (Å²) in [5, 5.41) is 4.04. The maximum absolute atomic E-state index is 13.6. The number of hydrogen-bond donors (Lipinski definition) is 1. The highest BCUT2D eigenvalue weighted by molar-refractivity contribution is 7.80. The summed E-state index contributed by atoms with van der Waals surface area (Å²) in [5.41, 5.74) is 6.13. The Morgan fingerprint density at radius 2 is 1.90 bits per heavy atom. The molecule has 9 nitrogen and oxygen atoms in total. The molecule has 256 valence electrons. The predicted octanol–water partition coefficient (Wildman–Crippen LogP) is 6.66. The lowest BCUT2D eigenvalue weighted by atomic mass is 9.80. The molecule has 2 atom stereocenters. The number of fused-ring (bicyclic) bond motifs is 4. The fraction of sp³-hybridized carbons (Fsp3) is 0.395. The molecular formula is C38H48N4O5S. The first-order chi connectivity index (χ1) is 22.8. The Morgan fingerprint density at radius 1 is 1.17 bits per heavy atom. The monoisotopic (exact) mass is 672 g/mol. The molecule has 2 aliphatic rings. The number of aromatic nitrogens is 1. The minimum atomic E-state index is -1.43. The second kappa shape index (κ2) is 15.3. The van der Waals surface area contributed by atoms with Crippen molar-refractivity contribution in [2.75, 3.05) is 26.4 Å². The summed E-state index contributed by atoms with van der Waals surface area (Å²) in [5.74, 6) is 1.19. The van der Waals surface area contributed by atoms with Crippen molar-refractivity contribution in [1.29, 1.82) is 0 Å². The van der Waals surface area contributed by atoms with Crippen LogP contribution in [-0.2, 0) is 38.5 Å². The third-order valence-electron chi connectivity index (χ3n) is 8.52. The van der Waals surface area contributed by atoms with Crippen LogP contribution in [0.4, 0.5) is 0 Å². The Hall–Kier alpha value is -4.28. The summed E-state index contributed by atoms with van der Waals surface area (Å²) < 4.78 is 25.0. The van der Waals surface area contributed by atoms with E-state index < -0.39 is 16.7 Å². The van der Waals surface area contributed by atoms with E-state index in [0.717, 1.165) is 56.7 Å². The second-order valence-electron chi connectivity index (χ2n) is 12.4. The molecule has 0 bridgehead atoms. The van der Waals surface area contributed by atoms with Crippen molar-refractivity contribution < 1.29 is 22.7 Å². The van der Waals surface area contributed by atoms with E-state index in [1.165, 1.54) is 13.0 Å². The van der Waals surface area contributed by atoms with Gasteiger partial charge in [-0.1, -0.05) is 40.5 Å². The molecule has 0 aliphatic carbocycles. The normalized spacial score (nSPS) is 16.0. The molecular weight excluding hydrogens is 625 g/mol. The molecule has 0 spiro atoms. The number of carbonyl (C=O) groups is 2. The highest BCUT2D eigenvalue weighted by atomic mass is 32.2. The fourth-order valence-electron chi connectivity index (χ4n) is 6.20. The molecule has 48 heavy (non-hydrogen) atoms. The number of ketones is 2. The van der Waals surface area contributed by atoms with Gasteiger partial charge in [0.05, 0.1) is 35.8 Å². The van der Waals surface area contributed by atoms with Crippen molar-refractivity contribution in [2.24, 2.45) is 0 Å². The molecule has 4 rings (SSSR count). The lowest BCUT2D eigenvalue weighted by Crippen LogP contribution is -2.44. The highest BCUT2D eigenvalue weighted by Gasteiger charge is 2.45. The summed E-state index contributed by atoms with van der Waals surface area (Å²) in [7, 11) is 3.98. The third-order valence-corrected chi connectivity index (χ3v) is 9.63. The molecule has 1 aromatic carbocycles. The summed E-state index contributed by atoms with van der Waals surface area (Å²) in [4.78, 5) is 34.3. The fourth-order valence-corrected chi connectivity index (χ4v) is 6.97. The van der Waals surface area contributed by atoms with Crippen LogP contribution < -0.4 is 9.50 Å². The van der Waals surface area contributed by atoms with Gasteiger partial charge in [0.25, 0.3) is 0 Å². The van der Waals surface area contributed by atoms with Crippen molar-refractivity contribution in [3.63, 3.8) is 0 Å². The third kappa shape index (κ3) is 7.55. The molecule has 0 fully saturated rings. The number of pyridine rings is 1. The van der Waals surface area contributed by atoms with Crippen molar-refractivity contribution in [1.82, 2.24) is 20.1 Å². The average Bonchev–Trinajstić information content (AvgIpc) is 3.39. The predicted molar refractivity (Wildman–Crippen MR) is 194 cm³/mol. The van der Waals surface area contributed by atoms with Gasteiger partial charge in [0.2, 0.25) is 11.1 Å². The van der Waals surface area contributed by atoms with Crippen LogP contribution in [0.15, 0.2) is 84.5 Å². The van der Waals surface area contributed by atoms with E-state index in [2.05, 4.69) is 47.8 Å². The van der Waals surface area contributed by atoms with Crippen LogP contribution in [0.1, 0.15) is 70.7 Å². The van der Waals surface area contributed by atoms with Gasteiger partial charge in [0.15, 0.2) is 17.2 Å². The van der Waals surface area contributed by atoms with E-state index in [1.54, 1.807) is 13.0 Å². The Morgan fingerprint density at radius 3 is 2.50 bits per heavy atom. The number of nitrogens with zero attached hydrogens (tertiary/aromatic N) is 3. The standard InChI is InChI=1S/C38H48N4O5S/c1-11-18-48(45)47-36-17-16-34-31(32(36)23-41(9)10)19-29-22-42-27(7)30(12-2)33(20-35(42)37(29)40-34)38(13-3,28(8)44)46-26(6)21-39-24(4)14-15-25(5)43/h14-17,19-20,39H,4,6-7,11-13,18,21-23H2,1-3,5,8-10H3/b15-14-. The summed E-state index contributed by atoms with van der Waals surface area (Å²) in [6.07, 6.45) is 6.82. The minimum absolute atomic E-state index is 0.0860. The Kier molecular flexibility index (Phi) is 11.6. The van der Waals surface area contributed by atoms with Crippen molar-refractivity contribution in [3.05, 3.63) is 101 Å². The van der Waals surface area contributed by atoms with E-state index in [4.69, 9.17) is 13.9 Å². The van der Waals surface area contributed by atoms with E-state index >= 15 is 0 Å². The van der Waals surface area contributed by atoms with Crippen LogP contribution >= 0.6 is 0 Å². The minimum Gasteiger partial charge on any atom is -0.478 e. The topological polar surface area (TPSA) is 101 Å². The SMILES string of the molecule is C=C(/C=C\C(C)=O)NCC(=C)OC(CC)(C(C)=O)C1=C(CC)C(=C)N2Cc3cc4c(CN(C)C)c(OS(=O)CCC)ccc4nc3C2=C1. The zero-order valence-electron chi connectivity index (χ0n) is 29.3. The number of allylic oxidation sites excluding steroid dienone is 3. The van der Waals surface area contributed by atoms with E-state index in [1.807, 2.05) is 46.2 Å². The number of rotatable bonds is 17. The molecule has 0 radical (unpaired) electrons. The van der Waals surface area contributed by atoms with Crippen LogP contribution in [-0.4, -0.2) is 62.6 Å². The van der Waals surface area contributed by atoms with Gasteiger partial charge in [-0.3, -0.25) is 9.59 Å². The van der Waals surface area contributed by atoms with Crippen LogP contribution in [0.25, 0.3) is 16.6 Å². The number of benzene rings is 1. The Balaban J connectivity index is 1.78. The average molecular weight is 673 g/mol. The molecule has 1 N–H and O–H groups in total. The molecule has 10 heteroatoms. The molecule has 1 aromatic heterocycles. The summed E-state index contributed by atoms with van der Waals surface area (Å²) in [6, 6.07) is 5.92. The Labute approximate surface area is 287 Å². The van der Waals surface area contributed by atoms with Gasteiger partial charge in [-0.15, -0.1) is 0 Å². The molecule has 0 saturated heterocycles. The van der Waals surface area contributed by atoms with Gasteiger partial charge in [-0.2, -0.15) is 0 Å². The first-order valence-electron chi connectivity index (χ1n) is 16.3. The van der Waals surface area contributed by atoms with Crippen molar-refractivity contribution in [2.45, 2.75) is 72.6 Å². The molecule has 3 heterocycles.